The van der Waals surface area contributed by atoms with Crippen LogP contribution >= 0.6 is 0 Å². The molecule has 0 spiro atoms. The molecule has 5 rings (SSSR count). The quantitative estimate of drug-likeness (QED) is 0.113. The van der Waals surface area contributed by atoms with Crippen LogP contribution in [-0.4, -0.2) is 13.2 Å². The van der Waals surface area contributed by atoms with Gasteiger partial charge in [0.15, 0.2) is 0 Å². The van der Waals surface area contributed by atoms with Crippen molar-refractivity contribution in [3.63, 3.8) is 0 Å². The first-order valence-electron chi connectivity index (χ1n) is 15.7. The number of hydrogen-bond acceptors (Lipinski definition) is 3. The molecule has 0 amide bonds. The van der Waals surface area contributed by atoms with Gasteiger partial charge in [-0.1, -0.05) is 104 Å². The lowest BCUT2D eigenvalue weighted by Crippen LogP contribution is -2.11. The molecule has 3 heteroatoms. The highest BCUT2D eigenvalue weighted by atomic mass is 16.5. The zero-order chi connectivity index (χ0) is 31.4. The topological polar surface area (TPSA) is 21.7 Å². The average molecular weight is 594 g/mol. The number of aryl methyl sites for hydroxylation is 2. The summed E-state index contributed by atoms with van der Waals surface area (Å²) in [5, 5.41) is 0. The summed E-state index contributed by atoms with van der Waals surface area (Å²) < 4.78 is 11.9. The van der Waals surface area contributed by atoms with Gasteiger partial charge in [0.25, 0.3) is 0 Å². The molecule has 0 aliphatic heterocycles. The van der Waals surface area contributed by atoms with E-state index in [-0.39, 0.29) is 0 Å². The Balaban J connectivity index is 1.21. The zero-order valence-corrected chi connectivity index (χ0v) is 26.5. The molecule has 0 atom stereocenters. The Hall–Kier alpha value is -4.70. The molecule has 0 aliphatic carbocycles. The minimum Gasteiger partial charge on any atom is -0.376 e. The lowest BCUT2D eigenvalue weighted by Gasteiger charge is -2.26. The second kappa shape index (κ2) is 15.9. The van der Waals surface area contributed by atoms with E-state index in [2.05, 4.69) is 147 Å². The highest BCUT2D eigenvalue weighted by molar-refractivity contribution is 5.77. The van der Waals surface area contributed by atoms with Crippen LogP contribution in [0.15, 0.2) is 128 Å². The maximum absolute atomic E-state index is 5.97. The van der Waals surface area contributed by atoms with Crippen molar-refractivity contribution in [2.24, 2.45) is 0 Å². The average Bonchev–Trinajstić information content (AvgIpc) is 3.08. The van der Waals surface area contributed by atoms with Crippen molar-refractivity contribution in [2.45, 2.75) is 39.9 Å². The molecule has 228 valence electrons. The summed E-state index contributed by atoms with van der Waals surface area (Å²) in [6.07, 6.45) is 5.44. The first-order valence-corrected chi connectivity index (χ1v) is 15.7. The molecule has 0 N–H and O–H groups in total. The molecule has 5 aromatic carbocycles. The Morgan fingerprint density at radius 2 is 0.889 bits per heavy atom. The van der Waals surface area contributed by atoms with Gasteiger partial charge in [-0.15, -0.1) is 0 Å². The third kappa shape index (κ3) is 8.92. The summed E-state index contributed by atoms with van der Waals surface area (Å²) >= 11 is 0. The molecule has 45 heavy (non-hydrogen) atoms. The SMILES string of the molecule is C=Cc1ccc(COCCc2ccc(N(c3ccc(CCOCc4ccc(C=C)cc4)cc3)c3ccc(C)c(C)c3)cc2)cc1. The van der Waals surface area contributed by atoms with Crippen molar-refractivity contribution in [3.8, 4) is 0 Å². The molecule has 0 unspecified atom stereocenters. The molecule has 0 saturated heterocycles. The van der Waals surface area contributed by atoms with Gasteiger partial charge in [-0.2, -0.15) is 0 Å². The number of anilines is 3. The van der Waals surface area contributed by atoms with E-state index in [1.165, 1.54) is 33.4 Å². The van der Waals surface area contributed by atoms with Gasteiger partial charge >= 0.3 is 0 Å². The first-order chi connectivity index (χ1) is 22.0. The Bertz CT molecular complexity index is 1560. The van der Waals surface area contributed by atoms with E-state index in [0.717, 1.165) is 41.0 Å². The highest BCUT2D eigenvalue weighted by Gasteiger charge is 2.13. The van der Waals surface area contributed by atoms with Crippen LogP contribution in [0.1, 0.15) is 44.5 Å². The van der Waals surface area contributed by atoms with Crippen LogP contribution in [0.5, 0.6) is 0 Å². The first kappa shape index (κ1) is 31.7. The Labute approximate surface area is 269 Å². The lowest BCUT2D eigenvalue weighted by molar-refractivity contribution is 0.124. The molecule has 3 nitrogen and oxygen atoms in total. The molecule has 0 saturated carbocycles. The molecule has 0 aromatic heterocycles. The number of nitrogens with zero attached hydrogens (tertiary/aromatic N) is 1. The Morgan fingerprint density at radius 3 is 1.29 bits per heavy atom. The minimum atomic E-state index is 0.613. The fraction of sp³-hybridized carbons (Fsp3) is 0.190. The smallest absolute Gasteiger partial charge is 0.0717 e. The van der Waals surface area contributed by atoms with Crippen molar-refractivity contribution < 1.29 is 9.47 Å². The van der Waals surface area contributed by atoms with Crippen LogP contribution in [0.2, 0.25) is 0 Å². The van der Waals surface area contributed by atoms with Gasteiger partial charge in [-0.05, 0) is 108 Å². The minimum absolute atomic E-state index is 0.613. The number of benzene rings is 5. The van der Waals surface area contributed by atoms with E-state index in [1.807, 2.05) is 12.2 Å². The van der Waals surface area contributed by atoms with Gasteiger partial charge in [0.2, 0.25) is 0 Å². The van der Waals surface area contributed by atoms with Crippen molar-refractivity contribution in [1.29, 1.82) is 0 Å². The molecule has 0 fully saturated rings. The molecule has 0 radical (unpaired) electrons. The summed E-state index contributed by atoms with van der Waals surface area (Å²) in [4.78, 5) is 2.33. The Morgan fingerprint density at radius 1 is 0.489 bits per heavy atom. The van der Waals surface area contributed by atoms with Crippen molar-refractivity contribution in [2.75, 3.05) is 18.1 Å². The predicted molar refractivity (Wildman–Crippen MR) is 190 cm³/mol. The van der Waals surface area contributed by atoms with E-state index in [4.69, 9.17) is 9.47 Å². The van der Waals surface area contributed by atoms with Gasteiger partial charge in [-0.3, -0.25) is 0 Å². The molecule has 0 aliphatic rings. The zero-order valence-electron chi connectivity index (χ0n) is 26.5. The molecule has 0 bridgehead atoms. The number of rotatable bonds is 15. The maximum Gasteiger partial charge on any atom is 0.0717 e. The highest BCUT2D eigenvalue weighted by Crippen LogP contribution is 2.35. The fourth-order valence-corrected chi connectivity index (χ4v) is 5.20. The largest absolute Gasteiger partial charge is 0.376 e. The van der Waals surface area contributed by atoms with Crippen LogP contribution in [-0.2, 0) is 35.5 Å². The predicted octanol–water partition coefficient (Wildman–Crippen LogP) is 10.6. The number of ether oxygens (including phenoxy) is 2. The van der Waals surface area contributed by atoms with Gasteiger partial charge in [-0.25, -0.2) is 0 Å². The van der Waals surface area contributed by atoms with Crippen LogP contribution in [0.25, 0.3) is 12.2 Å². The third-order valence-corrected chi connectivity index (χ3v) is 8.18. The van der Waals surface area contributed by atoms with Gasteiger partial charge < -0.3 is 14.4 Å². The maximum atomic E-state index is 5.97. The standard InChI is InChI=1S/C42H43NO2/c1-5-34-8-12-38(13-9-34)30-44-27-25-36-16-21-40(22-17-36)43(42-20-7-32(3)33(4)29-42)41-23-18-37(19-24-41)26-28-45-31-39-14-10-35(6-2)11-15-39/h5-24,29H,1-2,25-28,30-31H2,3-4H3. The van der Waals surface area contributed by atoms with Crippen LogP contribution < -0.4 is 4.90 Å². The lowest BCUT2D eigenvalue weighted by atomic mass is 10.1. The van der Waals surface area contributed by atoms with Crippen molar-refractivity contribution in [1.82, 2.24) is 0 Å². The summed E-state index contributed by atoms with van der Waals surface area (Å²) in [6.45, 7) is 14.5. The summed E-state index contributed by atoms with van der Waals surface area (Å²) in [5.41, 5.74) is 13.1. The Kier molecular flexibility index (Phi) is 11.2. The summed E-state index contributed by atoms with van der Waals surface area (Å²) in [7, 11) is 0. The van der Waals surface area contributed by atoms with E-state index in [0.29, 0.717) is 26.4 Å². The van der Waals surface area contributed by atoms with Gasteiger partial charge in [0.1, 0.15) is 0 Å². The third-order valence-electron chi connectivity index (χ3n) is 8.18. The van der Waals surface area contributed by atoms with Crippen LogP contribution in [0.4, 0.5) is 17.1 Å². The summed E-state index contributed by atoms with van der Waals surface area (Å²) in [6, 6.07) is 41.0. The molecular weight excluding hydrogens is 550 g/mol. The van der Waals surface area contributed by atoms with Crippen molar-refractivity contribution in [3.05, 3.63) is 173 Å². The van der Waals surface area contributed by atoms with Gasteiger partial charge in [0, 0.05) is 17.1 Å². The monoisotopic (exact) mass is 593 g/mol. The normalized spacial score (nSPS) is 10.9. The van der Waals surface area contributed by atoms with E-state index < -0.39 is 0 Å². The fourth-order valence-electron chi connectivity index (χ4n) is 5.20. The second-order valence-electron chi connectivity index (χ2n) is 11.4. The van der Waals surface area contributed by atoms with E-state index in [1.54, 1.807) is 0 Å². The molecule has 5 aromatic rings. The van der Waals surface area contributed by atoms with E-state index in [9.17, 15) is 0 Å². The number of hydrogen-bond donors (Lipinski definition) is 0. The second-order valence-corrected chi connectivity index (χ2v) is 11.4. The van der Waals surface area contributed by atoms with Crippen LogP contribution in [0.3, 0.4) is 0 Å². The van der Waals surface area contributed by atoms with Crippen molar-refractivity contribution >= 4 is 29.2 Å². The van der Waals surface area contributed by atoms with Crippen LogP contribution in [0, 0.1) is 13.8 Å². The van der Waals surface area contributed by atoms with E-state index >= 15 is 0 Å². The molecule has 0 heterocycles. The van der Waals surface area contributed by atoms with Gasteiger partial charge in [0.05, 0.1) is 26.4 Å². The summed E-state index contributed by atoms with van der Waals surface area (Å²) in [5.74, 6) is 0. The molecular formula is C42H43NO2.